The highest BCUT2D eigenvalue weighted by Crippen LogP contribution is 2.26. The molecule has 0 spiro atoms. The normalized spacial score (nSPS) is 10.6. The van der Waals surface area contributed by atoms with E-state index in [9.17, 15) is 4.79 Å². The Bertz CT molecular complexity index is 500. The van der Waals surface area contributed by atoms with Gasteiger partial charge in [0, 0.05) is 5.33 Å². The predicted octanol–water partition coefficient (Wildman–Crippen LogP) is 4.54. The van der Waals surface area contributed by atoms with Gasteiger partial charge in [0.25, 0.3) is 0 Å². The Balaban J connectivity index is 2.15. The van der Waals surface area contributed by atoms with Crippen LogP contribution >= 0.6 is 15.9 Å². The summed E-state index contributed by atoms with van der Waals surface area (Å²) in [7, 11) is 0. The summed E-state index contributed by atoms with van der Waals surface area (Å²) in [6, 6.07) is 19.6. The molecule has 0 aliphatic rings. The average Bonchev–Trinajstić information content (AvgIpc) is 2.54. The lowest BCUT2D eigenvalue weighted by Gasteiger charge is -2.17. The number of rotatable bonds is 7. The Hall–Kier alpha value is -1.61. The van der Waals surface area contributed by atoms with E-state index < -0.39 is 0 Å². The Kier molecular flexibility index (Phi) is 6.48. The van der Waals surface area contributed by atoms with E-state index in [1.165, 1.54) is 0 Å². The third-order valence-electron chi connectivity index (χ3n) is 3.27. The fourth-order valence-electron chi connectivity index (χ4n) is 2.21. The fourth-order valence-corrected chi connectivity index (χ4v) is 2.60. The summed E-state index contributed by atoms with van der Waals surface area (Å²) in [6.07, 6.45) is 1.89. The molecule has 0 saturated carbocycles. The van der Waals surface area contributed by atoms with Crippen LogP contribution in [0.1, 0.15) is 29.9 Å². The number of hydrogen-bond donors (Lipinski definition) is 0. The van der Waals surface area contributed by atoms with Gasteiger partial charge >= 0.3 is 5.97 Å². The monoisotopic (exact) mass is 346 g/mol. The predicted molar refractivity (Wildman–Crippen MR) is 88.7 cm³/mol. The van der Waals surface area contributed by atoms with E-state index in [2.05, 4.69) is 15.9 Å². The molecule has 0 N–H and O–H groups in total. The van der Waals surface area contributed by atoms with Crippen LogP contribution < -0.4 is 0 Å². The number of unbranched alkanes of at least 4 members (excludes halogenated alkanes) is 1. The maximum Gasteiger partial charge on any atom is 0.317 e. The molecule has 21 heavy (non-hydrogen) atoms. The average molecular weight is 347 g/mol. The van der Waals surface area contributed by atoms with E-state index in [-0.39, 0.29) is 11.9 Å². The van der Waals surface area contributed by atoms with E-state index >= 15 is 0 Å². The van der Waals surface area contributed by atoms with Crippen LogP contribution in [0, 0.1) is 0 Å². The summed E-state index contributed by atoms with van der Waals surface area (Å²) in [5, 5.41) is 0.936. The summed E-state index contributed by atoms with van der Waals surface area (Å²) in [4.78, 5) is 12.5. The van der Waals surface area contributed by atoms with Crippen molar-refractivity contribution in [3.05, 3.63) is 71.8 Å². The van der Waals surface area contributed by atoms with Crippen LogP contribution in [0.15, 0.2) is 60.7 Å². The van der Waals surface area contributed by atoms with Crippen molar-refractivity contribution in [3.8, 4) is 0 Å². The van der Waals surface area contributed by atoms with Crippen molar-refractivity contribution in [2.24, 2.45) is 0 Å². The van der Waals surface area contributed by atoms with Gasteiger partial charge in [-0.25, -0.2) is 0 Å². The van der Waals surface area contributed by atoms with E-state index in [4.69, 9.17) is 4.74 Å². The largest absolute Gasteiger partial charge is 0.465 e. The van der Waals surface area contributed by atoms with Gasteiger partial charge in [-0.1, -0.05) is 76.6 Å². The van der Waals surface area contributed by atoms with E-state index in [1.54, 1.807) is 0 Å². The molecule has 2 rings (SSSR count). The molecule has 2 nitrogen and oxygen atoms in total. The minimum absolute atomic E-state index is 0.179. The van der Waals surface area contributed by atoms with Crippen molar-refractivity contribution in [1.82, 2.24) is 0 Å². The third kappa shape index (κ3) is 4.71. The molecular formula is C18H19BrO2. The van der Waals surface area contributed by atoms with Crippen LogP contribution in [0.2, 0.25) is 0 Å². The molecule has 0 amide bonds. The molecular weight excluding hydrogens is 328 g/mol. The SMILES string of the molecule is O=C(OCCCCBr)C(c1ccccc1)c1ccccc1. The quantitative estimate of drug-likeness (QED) is 0.418. The lowest BCUT2D eigenvalue weighted by atomic mass is 9.91. The van der Waals surface area contributed by atoms with Crippen molar-refractivity contribution < 1.29 is 9.53 Å². The van der Waals surface area contributed by atoms with Crippen molar-refractivity contribution in [1.29, 1.82) is 0 Å². The zero-order valence-corrected chi connectivity index (χ0v) is 13.5. The second-order valence-electron chi connectivity index (χ2n) is 4.82. The highest BCUT2D eigenvalue weighted by molar-refractivity contribution is 9.09. The molecule has 0 fully saturated rings. The smallest absolute Gasteiger partial charge is 0.317 e. The van der Waals surface area contributed by atoms with Gasteiger partial charge in [0.15, 0.2) is 0 Å². The van der Waals surface area contributed by atoms with Gasteiger partial charge in [0.1, 0.15) is 5.92 Å². The summed E-state index contributed by atoms with van der Waals surface area (Å²) >= 11 is 3.38. The van der Waals surface area contributed by atoms with Gasteiger partial charge in [0.05, 0.1) is 6.61 Å². The molecule has 0 heterocycles. The fraction of sp³-hybridized carbons (Fsp3) is 0.278. The lowest BCUT2D eigenvalue weighted by molar-refractivity contribution is -0.144. The summed E-state index contributed by atoms with van der Waals surface area (Å²) in [5.41, 5.74) is 1.93. The minimum atomic E-state index is -0.351. The van der Waals surface area contributed by atoms with Gasteiger partial charge in [-0.2, -0.15) is 0 Å². The molecule has 0 aliphatic carbocycles. The number of carbonyl (C=O) groups is 1. The lowest BCUT2D eigenvalue weighted by Crippen LogP contribution is -2.18. The van der Waals surface area contributed by atoms with Gasteiger partial charge in [-0.3, -0.25) is 4.79 Å². The maximum absolute atomic E-state index is 12.5. The Morgan fingerprint density at radius 3 is 1.90 bits per heavy atom. The van der Waals surface area contributed by atoms with Crippen molar-refractivity contribution in [2.45, 2.75) is 18.8 Å². The first-order valence-electron chi connectivity index (χ1n) is 7.15. The number of carbonyl (C=O) groups excluding carboxylic acids is 1. The van der Waals surface area contributed by atoms with Gasteiger partial charge in [-0.05, 0) is 24.0 Å². The standard InChI is InChI=1S/C18H19BrO2/c19-13-7-8-14-21-18(20)17(15-9-3-1-4-10-15)16-11-5-2-6-12-16/h1-6,9-12,17H,7-8,13-14H2. The first-order valence-corrected chi connectivity index (χ1v) is 8.27. The first-order chi connectivity index (χ1) is 10.3. The van der Waals surface area contributed by atoms with Crippen LogP contribution in [-0.2, 0) is 9.53 Å². The highest BCUT2D eigenvalue weighted by Gasteiger charge is 2.23. The number of ether oxygens (including phenoxy) is 1. The number of benzene rings is 2. The van der Waals surface area contributed by atoms with E-state index in [0.29, 0.717) is 6.61 Å². The highest BCUT2D eigenvalue weighted by atomic mass is 79.9. The van der Waals surface area contributed by atoms with E-state index in [0.717, 1.165) is 29.3 Å². The molecule has 0 atom stereocenters. The molecule has 0 bridgehead atoms. The molecule has 3 heteroatoms. The Morgan fingerprint density at radius 1 is 0.905 bits per heavy atom. The van der Waals surface area contributed by atoms with Crippen molar-refractivity contribution in [2.75, 3.05) is 11.9 Å². The number of esters is 1. The second kappa shape index (κ2) is 8.63. The van der Waals surface area contributed by atoms with Crippen LogP contribution in [-0.4, -0.2) is 17.9 Å². The molecule has 2 aromatic carbocycles. The third-order valence-corrected chi connectivity index (χ3v) is 3.83. The molecule has 0 aromatic heterocycles. The summed E-state index contributed by atoms with van der Waals surface area (Å²) < 4.78 is 5.46. The van der Waals surface area contributed by atoms with Crippen LogP contribution in [0.3, 0.4) is 0 Å². The van der Waals surface area contributed by atoms with Gasteiger partial charge in [0.2, 0.25) is 0 Å². The zero-order valence-electron chi connectivity index (χ0n) is 11.9. The molecule has 0 unspecified atom stereocenters. The van der Waals surface area contributed by atoms with E-state index in [1.807, 2.05) is 60.7 Å². The van der Waals surface area contributed by atoms with Crippen LogP contribution in [0.5, 0.6) is 0 Å². The molecule has 0 aliphatic heterocycles. The Labute approximate surface area is 134 Å². The summed E-state index contributed by atoms with van der Waals surface area (Å²) in [6.45, 7) is 0.473. The number of alkyl halides is 1. The maximum atomic E-state index is 12.5. The molecule has 0 saturated heterocycles. The first kappa shape index (κ1) is 15.8. The molecule has 110 valence electrons. The number of halogens is 1. The van der Waals surface area contributed by atoms with Crippen LogP contribution in [0.25, 0.3) is 0 Å². The van der Waals surface area contributed by atoms with Crippen LogP contribution in [0.4, 0.5) is 0 Å². The second-order valence-corrected chi connectivity index (χ2v) is 5.61. The van der Waals surface area contributed by atoms with Crippen molar-refractivity contribution >= 4 is 21.9 Å². The molecule has 2 aromatic rings. The van der Waals surface area contributed by atoms with Gasteiger partial charge < -0.3 is 4.74 Å². The molecule has 0 radical (unpaired) electrons. The minimum Gasteiger partial charge on any atom is -0.465 e. The Morgan fingerprint density at radius 2 is 1.43 bits per heavy atom. The van der Waals surface area contributed by atoms with Gasteiger partial charge in [-0.15, -0.1) is 0 Å². The summed E-state index contributed by atoms with van der Waals surface area (Å²) in [5.74, 6) is -0.529. The zero-order chi connectivity index (χ0) is 14.9. The number of hydrogen-bond acceptors (Lipinski definition) is 2. The van der Waals surface area contributed by atoms with Crippen molar-refractivity contribution in [3.63, 3.8) is 0 Å². The topological polar surface area (TPSA) is 26.3 Å².